The number of hydrogen-bond acceptors (Lipinski definition) is 5. The lowest BCUT2D eigenvalue weighted by atomic mass is 10.2. The fourth-order valence-corrected chi connectivity index (χ4v) is 3.91. The summed E-state index contributed by atoms with van der Waals surface area (Å²) in [7, 11) is -3.75. The third-order valence-corrected chi connectivity index (χ3v) is 5.52. The molecule has 0 bridgehead atoms. The zero-order valence-electron chi connectivity index (χ0n) is 11.6. The van der Waals surface area contributed by atoms with E-state index in [9.17, 15) is 12.8 Å². The largest absolute Gasteiger partial charge is 0.326 e. The highest BCUT2D eigenvalue weighted by atomic mass is 32.2. The first-order valence-corrected chi connectivity index (χ1v) is 8.56. The second kappa shape index (κ2) is 6.18. The summed E-state index contributed by atoms with van der Waals surface area (Å²) in [5.74, 6) is -0.514. The highest BCUT2D eigenvalue weighted by molar-refractivity contribution is 7.89. The van der Waals surface area contributed by atoms with Gasteiger partial charge in [0.25, 0.3) is 0 Å². The summed E-state index contributed by atoms with van der Waals surface area (Å²) in [4.78, 5) is 5.15. The van der Waals surface area contributed by atoms with E-state index in [0.29, 0.717) is 5.01 Å². The summed E-state index contributed by atoms with van der Waals surface area (Å²) in [6.45, 7) is 3.55. The summed E-state index contributed by atoms with van der Waals surface area (Å²) in [6.07, 6.45) is 1.69. The molecule has 1 atom stereocenters. The number of nitrogens with one attached hydrogen (secondary N) is 1. The van der Waals surface area contributed by atoms with Gasteiger partial charge in [0.2, 0.25) is 10.0 Å². The second-order valence-electron chi connectivity index (χ2n) is 4.61. The third-order valence-electron chi connectivity index (χ3n) is 2.89. The Kier molecular flexibility index (Phi) is 4.72. The van der Waals surface area contributed by atoms with Gasteiger partial charge in [0.05, 0.1) is 10.9 Å². The minimum Gasteiger partial charge on any atom is -0.326 e. The Bertz CT molecular complexity index is 744. The highest BCUT2D eigenvalue weighted by Gasteiger charge is 2.21. The Morgan fingerprint density at radius 1 is 1.48 bits per heavy atom. The molecule has 0 radical (unpaired) electrons. The van der Waals surface area contributed by atoms with Gasteiger partial charge >= 0.3 is 0 Å². The maximum absolute atomic E-state index is 13.4. The van der Waals surface area contributed by atoms with Crippen LogP contribution in [0.25, 0.3) is 0 Å². The van der Waals surface area contributed by atoms with Gasteiger partial charge < -0.3 is 5.73 Å². The summed E-state index contributed by atoms with van der Waals surface area (Å²) in [5.41, 5.74) is 5.56. The summed E-state index contributed by atoms with van der Waals surface area (Å²) in [6, 6.07) is 3.11. The van der Waals surface area contributed by atoms with Crippen LogP contribution in [0.15, 0.2) is 29.3 Å². The molecule has 1 aromatic heterocycles. The molecule has 1 heterocycles. The quantitative estimate of drug-likeness (QED) is 0.879. The number of sulfonamides is 1. The molecule has 2 aromatic rings. The van der Waals surface area contributed by atoms with E-state index < -0.39 is 21.9 Å². The molecule has 0 saturated heterocycles. The normalized spacial score (nSPS) is 13.3. The van der Waals surface area contributed by atoms with E-state index >= 15 is 0 Å². The van der Waals surface area contributed by atoms with Crippen molar-refractivity contribution < 1.29 is 12.8 Å². The molecular weight excluding hydrogens is 313 g/mol. The van der Waals surface area contributed by atoms with Crippen molar-refractivity contribution in [1.82, 2.24) is 9.71 Å². The van der Waals surface area contributed by atoms with Crippen LogP contribution in [0.4, 0.5) is 4.39 Å². The molecule has 2 rings (SSSR count). The fraction of sp³-hybridized carbons (Fsp3) is 0.308. The van der Waals surface area contributed by atoms with E-state index in [4.69, 9.17) is 5.73 Å². The van der Waals surface area contributed by atoms with E-state index in [1.807, 2.05) is 6.92 Å². The molecule has 1 unspecified atom stereocenters. The van der Waals surface area contributed by atoms with Crippen molar-refractivity contribution >= 4 is 21.4 Å². The van der Waals surface area contributed by atoms with Gasteiger partial charge in [-0.25, -0.2) is 22.5 Å². The lowest BCUT2D eigenvalue weighted by molar-refractivity contribution is 0.565. The van der Waals surface area contributed by atoms with Crippen LogP contribution in [0.2, 0.25) is 0 Å². The van der Waals surface area contributed by atoms with Gasteiger partial charge in [-0.2, -0.15) is 0 Å². The Morgan fingerprint density at radius 2 is 2.19 bits per heavy atom. The molecular formula is C13H16FN3O2S2. The van der Waals surface area contributed by atoms with Crippen LogP contribution in [0.1, 0.15) is 28.4 Å². The van der Waals surface area contributed by atoms with E-state index in [-0.39, 0.29) is 17.0 Å². The maximum atomic E-state index is 13.4. The Hall–Kier alpha value is -1.35. The van der Waals surface area contributed by atoms with Crippen LogP contribution in [0.3, 0.4) is 0 Å². The maximum Gasteiger partial charge on any atom is 0.241 e. The monoisotopic (exact) mass is 329 g/mol. The lowest BCUT2D eigenvalue weighted by Gasteiger charge is -2.12. The number of hydrogen-bond donors (Lipinski definition) is 2. The molecule has 1 aromatic carbocycles. The van der Waals surface area contributed by atoms with Gasteiger partial charge in [0.1, 0.15) is 10.8 Å². The first kappa shape index (κ1) is 16.0. The van der Waals surface area contributed by atoms with Gasteiger partial charge in [-0.05, 0) is 32.0 Å². The second-order valence-corrected chi connectivity index (χ2v) is 7.59. The number of halogens is 1. The van der Waals surface area contributed by atoms with Crippen LogP contribution in [-0.2, 0) is 16.6 Å². The molecule has 0 spiro atoms. The highest BCUT2D eigenvalue weighted by Crippen LogP contribution is 2.22. The Balaban J connectivity index is 2.26. The molecule has 0 aliphatic rings. The molecule has 0 saturated carbocycles. The van der Waals surface area contributed by atoms with E-state index in [1.165, 1.54) is 23.5 Å². The molecule has 114 valence electrons. The van der Waals surface area contributed by atoms with Crippen LogP contribution >= 0.6 is 11.3 Å². The molecule has 3 N–H and O–H groups in total. The van der Waals surface area contributed by atoms with Gasteiger partial charge in [-0.15, -0.1) is 11.3 Å². The van der Waals surface area contributed by atoms with Crippen molar-refractivity contribution in [3.05, 3.63) is 45.7 Å². The first-order valence-electron chi connectivity index (χ1n) is 6.26. The van der Waals surface area contributed by atoms with Crippen LogP contribution < -0.4 is 10.5 Å². The first-order chi connectivity index (χ1) is 9.83. The Labute approximate surface area is 127 Å². The Morgan fingerprint density at radius 3 is 2.76 bits per heavy atom. The average molecular weight is 329 g/mol. The number of benzene rings is 1. The molecule has 21 heavy (non-hydrogen) atoms. The molecule has 8 heteroatoms. The number of nitrogens with zero attached hydrogens (tertiary/aromatic N) is 1. The van der Waals surface area contributed by atoms with Crippen molar-refractivity contribution in [3.63, 3.8) is 0 Å². The number of aromatic nitrogens is 1. The van der Waals surface area contributed by atoms with Crippen molar-refractivity contribution in [2.75, 3.05) is 0 Å². The van der Waals surface area contributed by atoms with Crippen LogP contribution in [0.5, 0.6) is 0 Å². The number of thiazole rings is 1. The molecule has 0 fully saturated rings. The molecule has 5 nitrogen and oxygen atoms in total. The predicted octanol–water partition coefficient (Wildman–Crippen LogP) is 2.09. The lowest BCUT2D eigenvalue weighted by Crippen LogP contribution is -2.27. The van der Waals surface area contributed by atoms with Crippen molar-refractivity contribution in [3.8, 4) is 0 Å². The summed E-state index contributed by atoms with van der Waals surface area (Å²) >= 11 is 1.42. The molecule has 0 aliphatic heterocycles. The van der Waals surface area contributed by atoms with Gasteiger partial charge in [0, 0.05) is 23.2 Å². The van der Waals surface area contributed by atoms with E-state index in [2.05, 4.69) is 9.71 Å². The summed E-state index contributed by atoms with van der Waals surface area (Å²) < 4.78 is 40.5. The minimum atomic E-state index is -3.75. The summed E-state index contributed by atoms with van der Waals surface area (Å²) in [5, 5.41) is 0.678. The van der Waals surface area contributed by atoms with E-state index in [0.717, 1.165) is 10.9 Å². The van der Waals surface area contributed by atoms with E-state index in [1.54, 1.807) is 13.1 Å². The predicted molar refractivity (Wildman–Crippen MR) is 79.9 cm³/mol. The zero-order valence-corrected chi connectivity index (χ0v) is 13.3. The number of nitrogens with two attached hydrogens (primary N) is 1. The smallest absolute Gasteiger partial charge is 0.241 e. The minimum absolute atomic E-state index is 0.00974. The third kappa shape index (κ3) is 3.65. The average Bonchev–Trinajstić information content (AvgIpc) is 2.85. The topological polar surface area (TPSA) is 85.1 Å². The van der Waals surface area contributed by atoms with Crippen molar-refractivity contribution in [1.29, 1.82) is 0 Å². The van der Waals surface area contributed by atoms with Crippen molar-refractivity contribution in [2.45, 2.75) is 31.3 Å². The fourth-order valence-electron chi connectivity index (χ4n) is 1.80. The number of rotatable bonds is 5. The standard InChI is InChI=1S/C13H16FN3O2S2/c1-8-7-16-13(20-8)9(2)17-21(18,19)11-3-4-12(14)10(5-11)6-15/h3-5,7,9,17H,6,15H2,1-2H3. The molecule has 0 amide bonds. The number of aryl methyl sites for hydroxylation is 1. The van der Waals surface area contributed by atoms with Crippen LogP contribution in [0, 0.1) is 12.7 Å². The SMILES string of the molecule is Cc1cnc(C(C)NS(=O)(=O)c2ccc(F)c(CN)c2)s1. The van der Waals surface area contributed by atoms with Crippen molar-refractivity contribution in [2.24, 2.45) is 5.73 Å². The van der Waals surface area contributed by atoms with Gasteiger partial charge in [0.15, 0.2) is 0 Å². The zero-order chi connectivity index (χ0) is 15.6. The van der Waals surface area contributed by atoms with Gasteiger partial charge in [-0.1, -0.05) is 0 Å². The van der Waals surface area contributed by atoms with Crippen LogP contribution in [-0.4, -0.2) is 13.4 Å². The van der Waals surface area contributed by atoms with Gasteiger partial charge in [-0.3, -0.25) is 0 Å². The molecule has 0 aliphatic carbocycles.